The molecule has 2 aromatic heterocycles. The second-order valence-electron chi connectivity index (χ2n) is 7.99. The SMILES string of the molecule is CC(C)(C)OC(=O)n1cc(C(=O)N[C@H]2CCCC[C@@H]2O)c2nccc(C#N)c21. The van der Waals surface area contributed by atoms with Crippen LogP contribution in [0, 0.1) is 11.3 Å². The largest absolute Gasteiger partial charge is 0.443 e. The van der Waals surface area contributed by atoms with Crippen LogP contribution in [-0.4, -0.2) is 44.4 Å². The highest BCUT2D eigenvalue weighted by molar-refractivity contribution is 6.08. The second-order valence-corrected chi connectivity index (χ2v) is 7.99. The van der Waals surface area contributed by atoms with Crippen molar-refractivity contribution in [2.24, 2.45) is 0 Å². The van der Waals surface area contributed by atoms with Crippen LogP contribution in [0.15, 0.2) is 18.5 Å². The number of nitrogens with one attached hydrogen (secondary N) is 1. The number of carbonyl (C=O) groups is 2. The summed E-state index contributed by atoms with van der Waals surface area (Å²) in [7, 11) is 0. The molecule has 1 aliphatic rings. The van der Waals surface area contributed by atoms with Crippen LogP contribution in [0.5, 0.6) is 0 Å². The third kappa shape index (κ3) is 3.99. The van der Waals surface area contributed by atoms with E-state index in [1.807, 2.05) is 6.07 Å². The van der Waals surface area contributed by atoms with Crippen molar-refractivity contribution in [3.05, 3.63) is 29.6 Å². The Bertz CT molecular complexity index is 951. The van der Waals surface area contributed by atoms with Crippen LogP contribution in [0.1, 0.15) is 62.4 Å². The minimum atomic E-state index is -0.739. The summed E-state index contributed by atoms with van der Waals surface area (Å²) in [6.07, 6.45) is 4.66. The van der Waals surface area contributed by atoms with Crippen molar-refractivity contribution in [3.8, 4) is 6.07 Å². The van der Waals surface area contributed by atoms with E-state index in [0.717, 1.165) is 17.4 Å². The van der Waals surface area contributed by atoms with E-state index in [0.29, 0.717) is 12.8 Å². The summed E-state index contributed by atoms with van der Waals surface area (Å²) in [5.41, 5.74) is 0.113. The molecule has 0 aliphatic heterocycles. The maximum Gasteiger partial charge on any atom is 0.419 e. The number of aliphatic hydroxyl groups excluding tert-OH is 1. The first-order chi connectivity index (χ1) is 13.2. The Labute approximate surface area is 163 Å². The highest BCUT2D eigenvalue weighted by atomic mass is 16.6. The van der Waals surface area contributed by atoms with Crippen molar-refractivity contribution in [1.82, 2.24) is 14.9 Å². The second kappa shape index (κ2) is 7.60. The molecule has 0 bridgehead atoms. The maximum atomic E-state index is 12.9. The predicted molar refractivity (Wildman–Crippen MR) is 102 cm³/mol. The van der Waals surface area contributed by atoms with Crippen LogP contribution < -0.4 is 5.32 Å². The summed E-state index contributed by atoms with van der Waals surface area (Å²) >= 11 is 0. The fraction of sp³-hybridized carbons (Fsp3) is 0.500. The molecule has 1 fully saturated rings. The molecule has 3 rings (SSSR count). The van der Waals surface area contributed by atoms with Gasteiger partial charge in [0.2, 0.25) is 0 Å². The fourth-order valence-corrected chi connectivity index (χ4v) is 3.39. The van der Waals surface area contributed by atoms with Gasteiger partial charge in [-0.3, -0.25) is 9.78 Å². The predicted octanol–water partition coefficient (Wildman–Crippen LogP) is 2.72. The summed E-state index contributed by atoms with van der Waals surface area (Å²) in [4.78, 5) is 29.8. The molecule has 1 saturated carbocycles. The summed E-state index contributed by atoms with van der Waals surface area (Å²) in [5.74, 6) is -0.444. The van der Waals surface area contributed by atoms with Gasteiger partial charge in [-0.25, -0.2) is 9.36 Å². The highest BCUT2D eigenvalue weighted by Gasteiger charge is 2.29. The van der Waals surface area contributed by atoms with Crippen LogP contribution in [0.25, 0.3) is 11.0 Å². The number of pyridine rings is 1. The number of aromatic nitrogens is 2. The van der Waals surface area contributed by atoms with Crippen molar-refractivity contribution >= 4 is 23.0 Å². The van der Waals surface area contributed by atoms with E-state index < -0.39 is 23.7 Å². The van der Waals surface area contributed by atoms with Crippen LogP contribution in [0.4, 0.5) is 4.79 Å². The molecule has 0 aromatic carbocycles. The molecule has 1 aliphatic carbocycles. The molecule has 0 unspecified atom stereocenters. The van der Waals surface area contributed by atoms with Gasteiger partial charge in [0.1, 0.15) is 17.2 Å². The Hall–Kier alpha value is -2.92. The minimum Gasteiger partial charge on any atom is -0.443 e. The lowest BCUT2D eigenvalue weighted by atomic mass is 9.92. The molecule has 2 N–H and O–H groups in total. The van der Waals surface area contributed by atoms with Crippen molar-refractivity contribution in [3.63, 3.8) is 0 Å². The van der Waals surface area contributed by atoms with E-state index in [-0.39, 0.29) is 28.2 Å². The number of nitriles is 1. The number of hydrogen-bond acceptors (Lipinski definition) is 6. The maximum absolute atomic E-state index is 12.9. The number of fused-ring (bicyclic) bond motifs is 1. The van der Waals surface area contributed by atoms with Gasteiger partial charge in [0.25, 0.3) is 5.91 Å². The van der Waals surface area contributed by atoms with Crippen LogP contribution in [0.2, 0.25) is 0 Å². The highest BCUT2D eigenvalue weighted by Crippen LogP contribution is 2.25. The number of rotatable bonds is 2. The molecule has 2 aromatic rings. The average molecular weight is 384 g/mol. The summed E-state index contributed by atoms with van der Waals surface area (Å²) in [6.45, 7) is 5.20. The molecule has 148 valence electrons. The lowest BCUT2D eigenvalue weighted by Crippen LogP contribution is -2.45. The van der Waals surface area contributed by atoms with Gasteiger partial charge in [0.15, 0.2) is 0 Å². The number of nitrogens with zero attached hydrogens (tertiary/aromatic N) is 3. The zero-order chi connectivity index (χ0) is 20.5. The smallest absolute Gasteiger partial charge is 0.419 e. The van der Waals surface area contributed by atoms with Crippen LogP contribution in [-0.2, 0) is 4.74 Å². The average Bonchev–Trinajstić information content (AvgIpc) is 3.02. The van der Waals surface area contributed by atoms with Crippen molar-refractivity contribution in [1.29, 1.82) is 5.26 Å². The molecular weight excluding hydrogens is 360 g/mol. The molecule has 8 heteroatoms. The standard InChI is InChI=1S/C20H24N4O4/c1-20(2,3)28-19(27)24-11-13(16-17(24)12(10-21)8-9-22-16)18(26)23-14-6-4-5-7-15(14)25/h8-9,11,14-15,25H,4-7H2,1-3H3,(H,23,26)/t14-,15-/m0/s1. The number of hydrogen-bond donors (Lipinski definition) is 2. The van der Waals surface area contributed by atoms with Gasteiger partial charge in [-0.15, -0.1) is 0 Å². The van der Waals surface area contributed by atoms with E-state index in [1.165, 1.54) is 18.5 Å². The Morgan fingerprint density at radius 1 is 1.36 bits per heavy atom. The van der Waals surface area contributed by atoms with Gasteiger partial charge >= 0.3 is 6.09 Å². The van der Waals surface area contributed by atoms with E-state index in [4.69, 9.17) is 4.74 Å². The fourth-order valence-electron chi connectivity index (χ4n) is 3.39. The molecule has 8 nitrogen and oxygen atoms in total. The lowest BCUT2D eigenvalue weighted by Gasteiger charge is -2.28. The number of ether oxygens (including phenoxy) is 1. The van der Waals surface area contributed by atoms with Gasteiger partial charge in [-0.1, -0.05) is 12.8 Å². The number of amides is 1. The van der Waals surface area contributed by atoms with E-state index in [2.05, 4.69) is 10.3 Å². The molecule has 2 heterocycles. The first kappa shape index (κ1) is 19.8. The third-order valence-electron chi connectivity index (χ3n) is 4.68. The van der Waals surface area contributed by atoms with Crippen molar-refractivity contribution in [2.75, 3.05) is 0 Å². The van der Waals surface area contributed by atoms with Gasteiger partial charge < -0.3 is 15.2 Å². The van der Waals surface area contributed by atoms with Crippen molar-refractivity contribution in [2.45, 2.75) is 64.2 Å². The molecule has 0 spiro atoms. The van der Waals surface area contributed by atoms with E-state index in [9.17, 15) is 20.0 Å². The normalized spacial score (nSPS) is 19.8. The monoisotopic (exact) mass is 384 g/mol. The van der Waals surface area contributed by atoms with E-state index >= 15 is 0 Å². The third-order valence-corrected chi connectivity index (χ3v) is 4.68. The Morgan fingerprint density at radius 2 is 2.07 bits per heavy atom. The molecule has 1 amide bonds. The topological polar surface area (TPSA) is 117 Å². The van der Waals surface area contributed by atoms with Crippen LogP contribution in [0.3, 0.4) is 0 Å². The molecular formula is C20H24N4O4. The summed E-state index contributed by atoms with van der Waals surface area (Å²) in [6, 6.07) is 3.16. The molecule has 0 radical (unpaired) electrons. The minimum absolute atomic E-state index is 0.163. The lowest BCUT2D eigenvalue weighted by molar-refractivity contribution is 0.0544. The Morgan fingerprint density at radius 3 is 2.71 bits per heavy atom. The number of aliphatic hydroxyl groups is 1. The van der Waals surface area contributed by atoms with Crippen LogP contribution >= 0.6 is 0 Å². The molecule has 0 saturated heterocycles. The van der Waals surface area contributed by atoms with E-state index in [1.54, 1.807) is 20.8 Å². The molecule has 28 heavy (non-hydrogen) atoms. The van der Waals surface area contributed by atoms with Gasteiger partial charge in [0, 0.05) is 12.4 Å². The first-order valence-corrected chi connectivity index (χ1v) is 9.33. The Balaban J connectivity index is 2.02. The number of carbonyl (C=O) groups excluding carboxylic acids is 2. The summed E-state index contributed by atoms with van der Waals surface area (Å²) < 4.78 is 6.56. The first-order valence-electron chi connectivity index (χ1n) is 9.33. The quantitative estimate of drug-likeness (QED) is 0.822. The van der Waals surface area contributed by atoms with Gasteiger partial charge in [0.05, 0.1) is 28.8 Å². The zero-order valence-electron chi connectivity index (χ0n) is 16.2. The summed E-state index contributed by atoms with van der Waals surface area (Å²) in [5, 5.41) is 22.4. The Kier molecular flexibility index (Phi) is 5.38. The van der Waals surface area contributed by atoms with Gasteiger partial charge in [-0.2, -0.15) is 5.26 Å². The zero-order valence-corrected chi connectivity index (χ0v) is 16.2. The molecule has 2 atom stereocenters. The van der Waals surface area contributed by atoms with Gasteiger partial charge in [-0.05, 0) is 39.7 Å². The van der Waals surface area contributed by atoms with Crippen molar-refractivity contribution < 1.29 is 19.4 Å².